The van der Waals surface area contributed by atoms with Crippen LogP contribution in [0.15, 0.2) is 65.6 Å². The maximum Gasteiger partial charge on any atom is 0.343 e. The van der Waals surface area contributed by atoms with E-state index in [-0.39, 0.29) is 22.8 Å². The zero-order valence-electron chi connectivity index (χ0n) is 19.8. The summed E-state index contributed by atoms with van der Waals surface area (Å²) in [4.78, 5) is 39.4. The second-order valence-electron chi connectivity index (χ2n) is 7.74. The standard InChI is InChI=1S/C27H21FINO6S/c1-3-35-22-13-16(12-21(29)24(22)36-26(32)17-8-10-19(34-2)11-9-17)14-23-25(31)30(27(33)37-23)15-18-6-4-5-7-20(18)28/h4-14H,3,15H2,1-2H3/b23-14-. The first-order valence-corrected chi connectivity index (χ1v) is 13.0. The number of imide groups is 1. The van der Waals surface area contributed by atoms with E-state index in [0.717, 1.165) is 16.7 Å². The molecule has 3 aromatic carbocycles. The second-order valence-corrected chi connectivity index (χ2v) is 9.90. The number of amides is 2. The summed E-state index contributed by atoms with van der Waals surface area (Å²) in [5.74, 6) is -0.393. The Hall–Kier alpha value is -3.38. The van der Waals surface area contributed by atoms with Crippen LogP contribution >= 0.6 is 34.4 Å². The summed E-state index contributed by atoms with van der Waals surface area (Å²) in [6.45, 7) is 1.95. The molecule has 0 aromatic heterocycles. The van der Waals surface area contributed by atoms with E-state index in [1.54, 1.807) is 61.5 Å². The Morgan fingerprint density at radius 2 is 1.84 bits per heavy atom. The van der Waals surface area contributed by atoms with Gasteiger partial charge in [-0.05, 0) is 95.4 Å². The highest BCUT2D eigenvalue weighted by molar-refractivity contribution is 14.1. The second kappa shape index (κ2) is 11.8. The molecule has 0 bridgehead atoms. The van der Waals surface area contributed by atoms with E-state index < -0.39 is 22.9 Å². The van der Waals surface area contributed by atoms with Crippen LogP contribution in [0.3, 0.4) is 0 Å². The van der Waals surface area contributed by atoms with Gasteiger partial charge in [0.05, 0.1) is 34.3 Å². The average molecular weight is 633 g/mol. The maximum absolute atomic E-state index is 14.0. The van der Waals surface area contributed by atoms with Crippen molar-refractivity contribution >= 4 is 57.5 Å². The van der Waals surface area contributed by atoms with E-state index in [1.807, 2.05) is 22.6 Å². The van der Waals surface area contributed by atoms with Gasteiger partial charge in [-0.25, -0.2) is 9.18 Å². The summed E-state index contributed by atoms with van der Waals surface area (Å²) in [6.07, 6.45) is 1.56. The van der Waals surface area contributed by atoms with Crippen molar-refractivity contribution in [3.05, 3.63) is 91.6 Å². The predicted molar refractivity (Wildman–Crippen MR) is 146 cm³/mol. The number of ether oxygens (including phenoxy) is 3. The molecule has 1 heterocycles. The van der Waals surface area contributed by atoms with E-state index in [9.17, 15) is 18.8 Å². The monoisotopic (exact) mass is 633 g/mol. The molecule has 0 radical (unpaired) electrons. The Balaban J connectivity index is 1.58. The Bertz CT molecular complexity index is 1390. The Morgan fingerprint density at radius 3 is 2.51 bits per heavy atom. The number of hydrogen-bond acceptors (Lipinski definition) is 7. The number of benzene rings is 3. The molecule has 0 unspecified atom stereocenters. The van der Waals surface area contributed by atoms with Gasteiger partial charge in [-0.3, -0.25) is 14.5 Å². The molecule has 4 rings (SSSR count). The third-order valence-corrected chi connectivity index (χ3v) is 7.02. The number of halogens is 2. The van der Waals surface area contributed by atoms with Crippen molar-refractivity contribution in [3.8, 4) is 17.2 Å². The van der Waals surface area contributed by atoms with Crippen LogP contribution in [0.1, 0.15) is 28.4 Å². The molecule has 2 amide bonds. The third kappa shape index (κ3) is 6.13. The first-order valence-electron chi connectivity index (χ1n) is 11.1. The van der Waals surface area contributed by atoms with Crippen molar-refractivity contribution in [2.75, 3.05) is 13.7 Å². The van der Waals surface area contributed by atoms with E-state index >= 15 is 0 Å². The van der Waals surface area contributed by atoms with E-state index in [4.69, 9.17) is 14.2 Å². The first-order chi connectivity index (χ1) is 17.8. The molecule has 1 fully saturated rings. The number of thioether (sulfide) groups is 1. The Labute approximate surface area is 230 Å². The lowest BCUT2D eigenvalue weighted by Crippen LogP contribution is -2.27. The number of carbonyl (C=O) groups is 3. The lowest BCUT2D eigenvalue weighted by molar-refractivity contribution is -0.123. The van der Waals surface area contributed by atoms with Crippen molar-refractivity contribution in [2.24, 2.45) is 0 Å². The lowest BCUT2D eigenvalue weighted by atomic mass is 10.1. The molecule has 10 heteroatoms. The van der Waals surface area contributed by atoms with Gasteiger partial charge in [-0.15, -0.1) is 0 Å². The van der Waals surface area contributed by atoms with Crippen LogP contribution in [0.25, 0.3) is 6.08 Å². The molecule has 1 saturated heterocycles. The highest BCUT2D eigenvalue weighted by Gasteiger charge is 2.35. The minimum absolute atomic E-state index is 0.156. The zero-order valence-corrected chi connectivity index (χ0v) is 22.8. The van der Waals surface area contributed by atoms with Gasteiger partial charge >= 0.3 is 5.97 Å². The Kier molecular flexibility index (Phi) is 8.49. The number of rotatable bonds is 8. The molecule has 0 spiro atoms. The van der Waals surface area contributed by atoms with E-state index in [1.165, 1.54) is 19.2 Å². The van der Waals surface area contributed by atoms with Gasteiger partial charge in [0.2, 0.25) is 0 Å². The minimum Gasteiger partial charge on any atom is -0.497 e. The molecule has 0 N–H and O–H groups in total. The van der Waals surface area contributed by atoms with Gasteiger partial charge in [0.25, 0.3) is 11.1 Å². The van der Waals surface area contributed by atoms with Crippen LogP contribution in [0.4, 0.5) is 9.18 Å². The molecule has 3 aromatic rings. The van der Waals surface area contributed by atoms with E-state index in [0.29, 0.717) is 32.8 Å². The summed E-state index contributed by atoms with van der Waals surface area (Å²) < 4.78 is 31.1. The number of hydrogen-bond donors (Lipinski definition) is 0. The molecule has 190 valence electrons. The fourth-order valence-corrected chi connectivity index (χ4v) is 5.07. The molecule has 0 aliphatic carbocycles. The van der Waals surface area contributed by atoms with Gasteiger partial charge in [0, 0.05) is 5.56 Å². The zero-order chi connectivity index (χ0) is 26.5. The molecule has 37 heavy (non-hydrogen) atoms. The SMILES string of the molecule is CCOc1cc(/C=C2\SC(=O)N(Cc3ccccc3F)C2=O)cc(I)c1OC(=O)c1ccc(OC)cc1. The van der Waals surface area contributed by atoms with Gasteiger partial charge in [-0.1, -0.05) is 18.2 Å². The fraction of sp³-hybridized carbons (Fsp3) is 0.148. The fourth-order valence-electron chi connectivity index (χ4n) is 3.50. The molecule has 0 saturated carbocycles. The van der Waals surface area contributed by atoms with Crippen LogP contribution < -0.4 is 14.2 Å². The summed E-state index contributed by atoms with van der Waals surface area (Å²) in [5, 5.41) is -0.482. The van der Waals surface area contributed by atoms with Crippen molar-refractivity contribution in [1.82, 2.24) is 4.90 Å². The normalized spacial score (nSPS) is 14.3. The van der Waals surface area contributed by atoms with Crippen molar-refractivity contribution in [2.45, 2.75) is 13.5 Å². The number of carbonyl (C=O) groups excluding carboxylic acids is 3. The topological polar surface area (TPSA) is 82.1 Å². The van der Waals surface area contributed by atoms with Crippen molar-refractivity contribution in [3.63, 3.8) is 0 Å². The van der Waals surface area contributed by atoms with Gasteiger partial charge in [0.15, 0.2) is 11.5 Å². The molecular weight excluding hydrogens is 612 g/mol. The van der Waals surface area contributed by atoms with Crippen LogP contribution in [0.5, 0.6) is 17.2 Å². The molecule has 0 atom stereocenters. The highest BCUT2D eigenvalue weighted by Crippen LogP contribution is 2.38. The van der Waals surface area contributed by atoms with Crippen LogP contribution in [0.2, 0.25) is 0 Å². The van der Waals surface area contributed by atoms with Crippen LogP contribution in [0, 0.1) is 9.39 Å². The molecular formula is C27H21FINO6S. The summed E-state index contributed by atoms with van der Waals surface area (Å²) >= 11 is 2.80. The van der Waals surface area contributed by atoms with Crippen molar-refractivity contribution < 1.29 is 33.0 Å². The van der Waals surface area contributed by atoms with Gasteiger partial charge in [-0.2, -0.15) is 0 Å². The summed E-state index contributed by atoms with van der Waals surface area (Å²) in [6, 6.07) is 15.9. The highest BCUT2D eigenvalue weighted by atomic mass is 127. The average Bonchev–Trinajstić information content (AvgIpc) is 3.14. The largest absolute Gasteiger partial charge is 0.497 e. The predicted octanol–water partition coefficient (Wildman–Crippen LogP) is 6.29. The van der Waals surface area contributed by atoms with E-state index in [2.05, 4.69) is 0 Å². The van der Waals surface area contributed by atoms with Crippen molar-refractivity contribution in [1.29, 1.82) is 0 Å². The first kappa shape index (κ1) is 26.7. The molecule has 1 aliphatic heterocycles. The van der Waals surface area contributed by atoms with Crippen LogP contribution in [-0.4, -0.2) is 35.7 Å². The van der Waals surface area contributed by atoms with Gasteiger partial charge in [0.1, 0.15) is 11.6 Å². The molecule has 1 aliphatic rings. The molecule has 7 nitrogen and oxygen atoms in total. The van der Waals surface area contributed by atoms with Gasteiger partial charge < -0.3 is 14.2 Å². The number of esters is 1. The number of nitrogens with zero attached hydrogens (tertiary/aromatic N) is 1. The number of methoxy groups -OCH3 is 1. The van der Waals surface area contributed by atoms with Crippen LogP contribution in [-0.2, 0) is 11.3 Å². The Morgan fingerprint density at radius 1 is 1.11 bits per heavy atom. The summed E-state index contributed by atoms with van der Waals surface area (Å²) in [5.41, 5.74) is 1.17. The quantitative estimate of drug-likeness (QED) is 0.125. The smallest absolute Gasteiger partial charge is 0.343 e. The summed E-state index contributed by atoms with van der Waals surface area (Å²) in [7, 11) is 1.54. The third-order valence-electron chi connectivity index (χ3n) is 5.31. The lowest BCUT2D eigenvalue weighted by Gasteiger charge is -2.14. The maximum atomic E-state index is 14.0. The minimum atomic E-state index is -0.566.